The van der Waals surface area contributed by atoms with Gasteiger partial charge < -0.3 is 24.3 Å². The number of hydrogen-bond acceptors (Lipinski definition) is 7. The standard InChI is InChI=1S/C32H44N2O7/c1-8-11-21-12-10-13-22-17-33(19-24(21)22)30(39)41-23-15-26(29(37)38)34(18-23)28(36)25(31(3,4)5)16-27(35)40-20-32(6,7)14-9-2/h8-10,12-13,23,25-26H,1-2,11,14-20H2,3-7H3,(H,37,38)/p-1/t23-,25-,26+/m1/s1. The summed E-state index contributed by atoms with van der Waals surface area (Å²) >= 11 is 0. The minimum absolute atomic E-state index is 0.0840. The fourth-order valence-corrected chi connectivity index (χ4v) is 5.45. The van der Waals surface area contributed by atoms with Gasteiger partial charge in [-0.3, -0.25) is 14.5 Å². The van der Waals surface area contributed by atoms with Crippen LogP contribution in [0.15, 0.2) is 43.5 Å². The normalized spacial score (nSPS) is 19.3. The van der Waals surface area contributed by atoms with Crippen LogP contribution in [-0.4, -0.2) is 59.0 Å². The number of carbonyl (C=O) groups is 4. The second-order valence-electron chi connectivity index (χ2n) is 12.9. The van der Waals surface area contributed by atoms with Gasteiger partial charge in [-0.1, -0.05) is 65.0 Å². The third-order valence-electron chi connectivity index (χ3n) is 7.82. The number of amides is 2. The molecule has 1 aromatic carbocycles. The number of rotatable bonds is 11. The SMILES string of the molecule is C=CCc1cccc2c1CN(C(=O)O[C@@H]1C[C@@H](C(=O)[O-])N(C(=O)[C@@H](CC(=O)OCC(C)(C)CC=C)C(C)(C)C)C1)C2. The van der Waals surface area contributed by atoms with Crippen LogP contribution in [0.4, 0.5) is 4.79 Å². The molecule has 1 aromatic rings. The number of carboxylic acids is 1. The van der Waals surface area contributed by atoms with Crippen LogP contribution in [0.2, 0.25) is 0 Å². The Hall–Kier alpha value is -3.62. The fourth-order valence-electron chi connectivity index (χ4n) is 5.45. The molecule has 2 amide bonds. The van der Waals surface area contributed by atoms with E-state index in [0.29, 0.717) is 25.9 Å². The van der Waals surface area contributed by atoms with Gasteiger partial charge in [-0.25, -0.2) is 4.79 Å². The number of carboxylic acid groups (broad SMARTS) is 1. The third kappa shape index (κ3) is 7.99. The molecule has 0 radical (unpaired) electrons. The van der Waals surface area contributed by atoms with Gasteiger partial charge in [-0.05, 0) is 34.9 Å². The van der Waals surface area contributed by atoms with Crippen molar-refractivity contribution in [3.8, 4) is 0 Å². The van der Waals surface area contributed by atoms with Crippen LogP contribution in [0, 0.1) is 16.7 Å². The number of esters is 1. The number of likely N-dealkylation sites (tertiary alicyclic amines) is 1. The third-order valence-corrected chi connectivity index (χ3v) is 7.82. The fraction of sp³-hybridized carbons (Fsp3) is 0.562. The van der Waals surface area contributed by atoms with E-state index in [2.05, 4.69) is 13.2 Å². The van der Waals surface area contributed by atoms with Gasteiger partial charge in [0.1, 0.15) is 6.10 Å². The van der Waals surface area contributed by atoms with Gasteiger partial charge in [0, 0.05) is 24.9 Å². The highest BCUT2D eigenvalue weighted by Gasteiger charge is 2.44. The van der Waals surface area contributed by atoms with Gasteiger partial charge in [-0.15, -0.1) is 13.2 Å². The van der Waals surface area contributed by atoms with Crippen LogP contribution >= 0.6 is 0 Å². The average Bonchev–Trinajstić information content (AvgIpc) is 3.51. The van der Waals surface area contributed by atoms with E-state index >= 15 is 0 Å². The zero-order valence-corrected chi connectivity index (χ0v) is 24.9. The smallest absolute Gasteiger partial charge is 0.410 e. The van der Waals surface area contributed by atoms with Crippen molar-refractivity contribution < 1.29 is 33.8 Å². The van der Waals surface area contributed by atoms with E-state index in [4.69, 9.17) is 9.47 Å². The van der Waals surface area contributed by atoms with E-state index in [1.807, 2.05) is 58.9 Å². The van der Waals surface area contributed by atoms with Crippen LogP contribution in [0.25, 0.3) is 0 Å². The summed E-state index contributed by atoms with van der Waals surface area (Å²) in [5.74, 6) is -3.31. The first-order valence-electron chi connectivity index (χ1n) is 14.1. The monoisotopic (exact) mass is 567 g/mol. The Bertz CT molecular complexity index is 1180. The van der Waals surface area contributed by atoms with Crippen LogP contribution in [0.1, 0.15) is 70.6 Å². The first kappa shape index (κ1) is 31.9. The number of hydrogen-bond donors (Lipinski definition) is 0. The zero-order chi connectivity index (χ0) is 30.5. The van der Waals surface area contributed by atoms with E-state index in [1.54, 1.807) is 11.0 Å². The molecular weight excluding hydrogens is 524 g/mol. The maximum absolute atomic E-state index is 13.7. The molecule has 9 heteroatoms. The Morgan fingerprint density at radius 3 is 2.41 bits per heavy atom. The van der Waals surface area contributed by atoms with Crippen molar-refractivity contribution in [2.75, 3.05) is 13.2 Å². The quantitative estimate of drug-likeness (QED) is 0.295. The number of benzene rings is 1. The lowest BCUT2D eigenvalue weighted by Gasteiger charge is -2.35. The second-order valence-corrected chi connectivity index (χ2v) is 12.9. The van der Waals surface area contributed by atoms with Crippen LogP contribution in [-0.2, 0) is 43.4 Å². The van der Waals surface area contributed by atoms with Gasteiger partial charge in [0.2, 0.25) is 5.91 Å². The molecule has 0 bridgehead atoms. The van der Waals surface area contributed by atoms with Gasteiger partial charge in [0.05, 0.1) is 37.5 Å². The topological polar surface area (TPSA) is 116 Å². The summed E-state index contributed by atoms with van der Waals surface area (Å²) in [5, 5.41) is 12.1. The van der Waals surface area contributed by atoms with Gasteiger partial charge in [-0.2, -0.15) is 0 Å². The first-order valence-corrected chi connectivity index (χ1v) is 14.1. The summed E-state index contributed by atoms with van der Waals surface area (Å²) in [6.07, 6.45) is 3.24. The van der Waals surface area contributed by atoms with Crippen molar-refractivity contribution in [3.05, 3.63) is 60.2 Å². The number of fused-ring (bicyclic) bond motifs is 1. The molecule has 0 unspecified atom stereocenters. The van der Waals surface area contributed by atoms with Crippen molar-refractivity contribution in [1.29, 1.82) is 0 Å². The molecule has 2 aliphatic rings. The number of nitrogens with zero attached hydrogens (tertiary/aromatic N) is 2. The molecule has 3 atom stereocenters. The molecule has 3 rings (SSSR count). The lowest BCUT2D eigenvalue weighted by molar-refractivity contribution is -0.310. The van der Waals surface area contributed by atoms with E-state index < -0.39 is 47.4 Å². The Morgan fingerprint density at radius 1 is 1.10 bits per heavy atom. The number of carbonyl (C=O) groups excluding carboxylic acids is 4. The Morgan fingerprint density at radius 2 is 1.80 bits per heavy atom. The molecule has 0 N–H and O–H groups in total. The molecule has 0 aliphatic carbocycles. The predicted molar refractivity (Wildman–Crippen MR) is 152 cm³/mol. The van der Waals surface area contributed by atoms with Crippen molar-refractivity contribution in [2.45, 2.75) is 85.5 Å². The van der Waals surface area contributed by atoms with Crippen molar-refractivity contribution in [3.63, 3.8) is 0 Å². The molecule has 2 aliphatic heterocycles. The molecular formula is C32H43N2O7-. The molecule has 0 aromatic heterocycles. The van der Waals surface area contributed by atoms with Crippen LogP contribution in [0.3, 0.4) is 0 Å². The highest BCUT2D eigenvalue weighted by atomic mass is 16.6. The minimum Gasteiger partial charge on any atom is -0.548 e. The molecule has 1 saturated heterocycles. The zero-order valence-electron chi connectivity index (χ0n) is 24.9. The number of aliphatic carboxylic acids is 1. The summed E-state index contributed by atoms with van der Waals surface area (Å²) in [7, 11) is 0. The second kappa shape index (κ2) is 12.9. The van der Waals surface area contributed by atoms with E-state index in [1.165, 1.54) is 4.90 Å². The summed E-state index contributed by atoms with van der Waals surface area (Å²) in [6.45, 7) is 17.7. The highest BCUT2D eigenvalue weighted by molar-refractivity contribution is 5.88. The Labute approximate surface area is 243 Å². The van der Waals surface area contributed by atoms with E-state index in [9.17, 15) is 24.3 Å². The highest BCUT2D eigenvalue weighted by Crippen LogP contribution is 2.35. The molecule has 41 heavy (non-hydrogen) atoms. The molecule has 0 spiro atoms. The summed E-state index contributed by atoms with van der Waals surface area (Å²) in [4.78, 5) is 54.4. The summed E-state index contributed by atoms with van der Waals surface area (Å²) in [5.41, 5.74) is 2.23. The molecule has 9 nitrogen and oxygen atoms in total. The largest absolute Gasteiger partial charge is 0.548 e. The molecule has 1 fully saturated rings. The number of ether oxygens (including phenoxy) is 2. The van der Waals surface area contributed by atoms with Crippen LogP contribution in [0.5, 0.6) is 0 Å². The lowest BCUT2D eigenvalue weighted by Crippen LogP contribution is -2.51. The molecule has 0 saturated carbocycles. The Balaban J connectivity index is 1.68. The predicted octanol–water partition coefficient (Wildman–Crippen LogP) is 3.78. The first-order chi connectivity index (χ1) is 19.2. The maximum atomic E-state index is 13.7. The summed E-state index contributed by atoms with van der Waals surface area (Å²) in [6, 6.07) is 4.64. The van der Waals surface area contributed by atoms with Gasteiger partial charge in [0.25, 0.3) is 0 Å². The van der Waals surface area contributed by atoms with Crippen molar-refractivity contribution in [2.24, 2.45) is 16.7 Å². The Kier molecular flexibility index (Phi) is 10.0. The summed E-state index contributed by atoms with van der Waals surface area (Å²) < 4.78 is 11.2. The van der Waals surface area contributed by atoms with Gasteiger partial charge in [0.15, 0.2) is 0 Å². The van der Waals surface area contributed by atoms with E-state index in [0.717, 1.165) is 16.7 Å². The lowest BCUT2D eigenvalue weighted by atomic mass is 9.77. The molecule has 224 valence electrons. The molecule has 2 heterocycles. The van der Waals surface area contributed by atoms with Crippen molar-refractivity contribution >= 4 is 23.9 Å². The minimum atomic E-state index is -1.43. The van der Waals surface area contributed by atoms with Crippen LogP contribution < -0.4 is 5.11 Å². The number of allylic oxidation sites excluding steroid dienone is 2. The maximum Gasteiger partial charge on any atom is 0.410 e. The van der Waals surface area contributed by atoms with Gasteiger partial charge >= 0.3 is 12.1 Å². The van der Waals surface area contributed by atoms with E-state index in [-0.39, 0.29) is 31.4 Å². The average molecular weight is 568 g/mol. The van der Waals surface area contributed by atoms with Crippen molar-refractivity contribution in [1.82, 2.24) is 9.80 Å².